The molecule has 3 N–H and O–H groups in total. The van der Waals surface area contributed by atoms with Gasteiger partial charge in [0.2, 0.25) is 9.84 Å². The number of carbonyl (C=O) groups is 2. The highest BCUT2D eigenvalue weighted by Gasteiger charge is 2.22. The number of anilines is 3. The fourth-order valence-electron chi connectivity index (χ4n) is 5.05. The summed E-state index contributed by atoms with van der Waals surface area (Å²) in [6.45, 7) is 3.45. The van der Waals surface area contributed by atoms with Crippen LogP contribution in [0.3, 0.4) is 0 Å². The van der Waals surface area contributed by atoms with Gasteiger partial charge in [0.1, 0.15) is 0 Å². The zero-order valence-electron chi connectivity index (χ0n) is 23.4. The van der Waals surface area contributed by atoms with Crippen LogP contribution in [0.1, 0.15) is 20.7 Å². The second-order valence-electron chi connectivity index (χ2n) is 10.4. The van der Waals surface area contributed by atoms with Crippen LogP contribution >= 0.6 is 0 Å². The van der Waals surface area contributed by atoms with E-state index in [0.717, 1.165) is 31.9 Å². The Labute approximate surface area is 249 Å². The Hall–Kier alpha value is -5.00. The highest BCUT2D eigenvalue weighted by Crippen LogP contribution is 2.30. The predicted molar refractivity (Wildman–Crippen MR) is 166 cm³/mol. The lowest BCUT2D eigenvalue weighted by Crippen LogP contribution is -2.44. The number of nitrogens with zero attached hydrogens (tertiary/aromatic N) is 3. The topological polar surface area (TPSA) is 127 Å². The maximum absolute atomic E-state index is 13.7. The van der Waals surface area contributed by atoms with Gasteiger partial charge in [-0.05, 0) is 67.7 Å². The van der Waals surface area contributed by atoms with Crippen LogP contribution in [0.15, 0.2) is 107 Å². The van der Waals surface area contributed by atoms with Crippen molar-refractivity contribution in [3.05, 3.63) is 108 Å². The summed E-state index contributed by atoms with van der Waals surface area (Å²) >= 11 is 0. The molecule has 0 radical (unpaired) electrons. The average Bonchev–Trinajstić information content (AvgIpc) is 3.44. The number of amides is 2. The molecule has 1 aliphatic heterocycles. The number of carbonyl (C=O) groups excluding carboxylic acids is 2. The first kappa shape index (κ1) is 28.1. The minimum atomic E-state index is -3.78. The molecule has 0 saturated carbocycles. The van der Waals surface area contributed by atoms with Gasteiger partial charge in [0.15, 0.2) is 5.82 Å². The minimum Gasteiger partial charge on any atom is -0.369 e. The summed E-state index contributed by atoms with van der Waals surface area (Å²) in [6.07, 6.45) is 0. The number of likely N-dealkylation sites (N-methyl/N-ethyl adjacent to an activating group) is 1. The summed E-state index contributed by atoms with van der Waals surface area (Å²) in [5, 5.41) is 13.3. The molecule has 0 atom stereocenters. The molecule has 0 spiro atoms. The molecule has 0 unspecified atom stereocenters. The molecule has 1 saturated heterocycles. The first-order valence-corrected chi connectivity index (χ1v) is 15.3. The maximum atomic E-state index is 13.7. The number of piperazine rings is 1. The summed E-state index contributed by atoms with van der Waals surface area (Å²) in [5.74, 6) is -0.669. The molecule has 2 heterocycles. The molecule has 4 aromatic carbocycles. The van der Waals surface area contributed by atoms with Gasteiger partial charge >= 0.3 is 0 Å². The molecule has 6 rings (SSSR count). The van der Waals surface area contributed by atoms with E-state index in [1.54, 1.807) is 54.6 Å². The highest BCUT2D eigenvalue weighted by molar-refractivity contribution is 7.91. The van der Waals surface area contributed by atoms with Gasteiger partial charge in [-0.1, -0.05) is 36.4 Å². The Morgan fingerprint density at radius 2 is 1.47 bits per heavy atom. The van der Waals surface area contributed by atoms with Gasteiger partial charge in [-0.2, -0.15) is 5.10 Å². The Morgan fingerprint density at radius 3 is 2.19 bits per heavy atom. The number of rotatable bonds is 7. The Kier molecular flexibility index (Phi) is 7.66. The molecule has 1 fully saturated rings. The van der Waals surface area contributed by atoms with Crippen LogP contribution in [0.2, 0.25) is 0 Å². The third-order valence-electron chi connectivity index (χ3n) is 7.53. The van der Waals surface area contributed by atoms with Gasteiger partial charge < -0.3 is 20.4 Å². The van der Waals surface area contributed by atoms with Gasteiger partial charge in [0, 0.05) is 42.8 Å². The maximum Gasteiger partial charge on any atom is 0.258 e. The third kappa shape index (κ3) is 5.85. The second-order valence-corrected chi connectivity index (χ2v) is 12.3. The first-order chi connectivity index (χ1) is 20.8. The largest absolute Gasteiger partial charge is 0.369 e. The standard InChI is InChI=1S/C32H30N6O4S/c1-37-16-18-38(19-17-37)23-12-14-26(29(20-23)33-31(39)22-8-4-2-5-9-22)32(40)34-30-27-21-25(13-15-28(27)35-36-30)43(41,42)24-10-6-3-7-11-24/h2-15,20-21H,16-19H2,1H3,(H,33,39)(H2,34,35,36,40). The van der Waals surface area contributed by atoms with Crippen LogP contribution in [-0.2, 0) is 9.84 Å². The van der Waals surface area contributed by atoms with Gasteiger partial charge in [-0.25, -0.2) is 8.42 Å². The second kappa shape index (κ2) is 11.7. The summed E-state index contributed by atoms with van der Waals surface area (Å²) < 4.78 is 26.5. The molecule has 5 aromatic rings. The summed E-state index contributed by atoms with van der Waals surface area (Å²) in [5.41, 5.74) is 2.52. The Balaban J connectivity index is 1.32. The average molecular weight is 595 g/mol. The van der Waals surface area contributed by atoms with Crippen LogP contribution < -0.4 is 15.5 Å². The Morgan fingerprint density at radius 1 is 0.767 bits per heavy atom. The number of aromatic amines is 1. The quantitative estimate of drug-likeness (QED) is 0.250. The third-order valence-corrected chi connectivity index (χ3v) is 9.30. The van der Waals surface area contributed by atoms with Crippen LogP contribution in [0.25, 0.3) is 10.9 Å². The zero-order chi connectivity index (χ0) is 30.0. The van der Waals surface area contributed by atoms with Crippen molar-refractivity contribution in [3.63, 3.8) is 0 Å². The molecule has 11 heteroatoms. The first-order valence-electron chi connectivity index (χ1n) is 13.8. The van der Waals surface area contributed by atoms with Crippen molar-refractivity contribution in [2.75, 3.05) is 48.8 Å². The van der Waals surface area contributed by atoms with Crippen LogP contribution in [0.4, 0.5) is 17.2 Å². The number of nitrogens with one attached hydrogen (secondary N) is 3. The van der Waals surface area contributed by atoms with E-state index < -0.39 is 15.7 Å². The molecule has 1 aromatic heterocycles. The molecular formula is C32H30N6O4S. The highest BCUT2D eigenvalue weighted by atomic mass is 32.2. The fraction of sp³-hybridized carbons (Fsp3) is 0.156. The number of hydrogen-bond donors (Lipinski definition) is 3. The lowest BCUT2D eigenvalue weighted by Gasteiger charge is -2.34. The predicted octanol–water partition coefficient (Wildman–Crippen LogP) is 4.65. The lowest BCUT2D eigenvalue weighted by atomic mass is 10.1. The lowest BCUT2D eigenvalue weighted by molar-refractivity contribution is 0.102. The zero-order valence-corrected chi connectivity index (χ0v) is 24.3. The van der Waals surface area contributed by atoms with E-state index in [1.165, 1.54) is 24.3 Å². The summed E-state index contributed by atoms with van der Waals surface area (Å²) in [7, 11) is -1.70. The molecule has 1 aliphatic rings. The van der Waals surface area contributed by atoms with Crippen molar-refractivity contribution in [1.82, 2.24) is 15.1 Å². The van der Waals surface area contributed by atoms with E-state index in [1.807, 2.05) is 18.2 Å². The van der Waals surface area contributed by atoms with Crippen molar-refractivity contribution in [3.8, 4) is 0 Å². The number of fused-ring (bicyclic) bond motifs is 1. The molecule has 10 nitrogen and oxygen atoms in total. The monoisotopic (exact) mass is 594 g/mol. The summed E-state index contributed by atoms with van der Waals surface area (Å²) in [6, 6.07) is 26.9. The molecule has 0 bridgehead atoms. The van der Waals surface area contributed by atoms with Crippen molar-refractivity contribution >= 4 is 49.7 Å². The number of aromatic nitrogens is 2. The van der Waals surface area contributed by atoms with Crippen LogP contribution in [-0.4, -0.2) is 68.6 Å². The number of hydrogen-bond acceptors (Lipinski definition) is 7. The van der Waals surface area contributed by atoms with Crippen LogP contribution in [0, 0.1) is 0 Å². The normalized spacial score (nSPS) is 14.0. The van der Waals surface area contributed by atoms with Crippen molar-refractivity contribution in [2.24, 2.45) is 0 Å². The molecule has 2 amide bonds. The minimum absolute atomic E-state index is 0.0791. The van der Waals surface area contributed by atoms with Crippen molar-refractivity contribution in [1.29, 1.82) is 0 Å². The molecule has 0 aliphatic carbocycles. The smallest absolute Gasteiger partial charge is 0.258 e. The summed E-state index contributed by atoms with van der Waals surface area (Å²) in [4.78, 5) is 31.5. The number of H-pyrrole nitrogens is 1. The fourth-order valence-corrected chi connectivity index (χ4v) is 6.35. The van der Waals surface area contributed by atoms with E-state index in [4.69, 9.17) is 0 Å². The number of benzene rings is 4. The van der Waals surface area contributed by atoms with E-state index >= 15 is 0 Å². The van der Waals surface area contributed by atoms with E-state index in [9.17, 15) is 18.0 Å². The molecule has 218 valence electrons. The van der Waals surface area contributed by atoms with Crippen LogP contribution in [0.5, 0.6) is 0 Å². The van der Waals surface area contributed by atoms with Gasteiger partial charge in [0.25, 0.3) is 11.8 Å². The molecular weight excluding hydrogens is 564 g/mol. The number of sulfone groups is 1. The van der Waals surface area contributed by atoms with Crippen molar-refractivity contribution < 1.29 is 18.0 Å². The van der Waals surface area contributed by atoms with E-state index in [2.05, 4.69) is 37.7 Å². The SMILES string of the molecule is CN1CCN(c2ccc(C(=O)Nc3n[nH]c4ccc(S(=O)(=O)c5ccccc5)cc34)c(NC(=O)c3ccccc3)c2)CC1. The van der Waals surface area contributed by atoms with Gasteiger partial charge in [-0.15, -0.1) is 0 Å². The van der Waals surface area contributed by atoms with E-state index in [-0.39, 0.29) is 27.1 Å². The van der Waals surface area contributed by atoms with Crippen molar-refractivity contribution in [2.45, 2.75) is 9.79 Å². The molecule has 43 heavy (non-hydrogen) atoms. The van der Waals surface area contributed by atoms with E-state index in [0.29, 0.717) is 22.2 Å². The van der Waals surface area contributed by atoms with Gasteiger partial charge in [-0.3, -0.25) is 14.7 Å². The van der Waals surface area contributed by atoms with Gasteiger partial charge in [0.05, 0.1) is 26.6 Å². The Bertz CT molecular complexity index is 1900.